The van der Waals surface area contributed by atoms with Crippen LogP contribution in [-0.4, -0.2) is 20.5 Å². The van der Waals surface area contributed by atoms with Gasteiger partial charge in [0.2, 0.25) is 10.0 Å². The number of hydrogen-bond donors (Lipinski definition) is 1. The van der Waals surface area contributed by atoms with Crippen molar-refractivity contribution < 1.29 is 17.9 Å². The summed E-state index contributed by atoms with van der Waals surface area (Å²) in [7, 11) is -3.73. The normalized spacial score (nSPS) is 19.9. The highest BCUT2D eigenvalue weighted by molar-refractivity contribution is 7.89. The number of ether oxygens (including phenoxy) is 1. The van der Waals surface area contributed by atoms with Gasteiger partial charge in [-0.2, -0.15) is 4.72 Å². The SMILES string of the molecule is CC(=O)O[C@H]1CCc2ccccc2[C@@H]1NS(=O)(=O)c1ccc(C)cc1. The van der Waals surface area contributed by atoms with E-state index in [0.29, 0.717) is 6.42 Å². The number of sulfonamides is 1. The van der Waals surface area contributed by atoms with Crippen LogP contribution in [0.3, 0.4) is 0 Å². The lowest BCUT2D eigenvalue weighted by atomic mass is 9.86. The van der Waals surface area contributed by atoms with Crippen LogP contribution >= 0.6 is 0 Å². The number of hydrogen-bond acceptors (Lipinski definition) is 4. The van der Waals surface area contributed by atoms with Crippen LogP contribution in [0.15, 0.2) is 53.4 Å². The van der Waals surface area contributed by atoms with Gasteiger partial charge in [-0.05, 0) is 43.0 Å². The molecule has 2 aromatic rings. The quantitative estimate of drug-likeness (QED) is 0.852. The molecule has 132 valence electrons. The van der Waals surface area contributed by atoms with E-state index in [-0.39, 0.29) is 4.90 Å². The molecular formula is C19H21NO4S. The van der Waals surface area contributed by atoms with E-state index in [2.05, 4.69) is 4.72 Å². The van der Waals surface area contributed by atoms with E-state index in [1.165, 1.54) is 6.92 Å². The summed E-state index contributed by atoms with van der Waals surface area (Å²) in [6.45, 7) is 3.24. The van der Waals surface area contributed by atoms with Gasteiger partial charge in [0.25, 0.3) is 0 Å². The van der Waals surface area contributed by atoms with E-state index in [1.807, 2.05) is 31.2 Å². The third kappa shape index (κ3) is 3.91. The Kier molecular flexibility index (Phi) is 4.92. The molecular weight excluding hydrogens is 338 g/mol. The fourth-order valence-corrected chi connectivity index (χ4v) is 4.41. The monoisotopic (exact) mass is 359 g/mol. The molecule has 0 radical (unpaired) electrons. The first-order chi connectivity index (χ1) is 11.9. The first-order valence-electron chi connectivity index (χ1n) is 8.21. The van der Waals surface area contributed by atoms with Gasteiger partial charge in [-0.25, -0.2) is 8.42 Å². The van der Waals surface area contributed by atoms with Crippen molar-refractivity contribution in [2.45, 2.75) is 43.7 Å². The fourth-order valence-electron chi connectivity index (χ4n) is 3.16. The second-order valence-electron chi connectivity index (χ2n) is 6.30. The van der Waals surface area contributed by atoms with Crippen LogP contribution < -0.4 is 4.72 Å². The molecule has 0 aromatic heterocycles. The molecule has 1 N–H and O–H groups in total. The van der Waals surface area contributed by atoms with E-state index in [4.69, 9.17) is 4.74 Å². The largest absolute Gasteiger partial charge is 0.460 e. The number of esters is 1. The fraction of sp³-hybridized carbons (Fsp3) is 0.316. The molecule has 0 saturated heterocycles. The Balaban J connectivity index is 1.96. The molecule has 0 amide bonds. The van der Waals surface area contributed by atoms with Crippen LogP contribution in [0.1, 0.15) is 36.1 Å². The van der Waals surface area contributed by atoms with Crippen molar-refractivity contribution >= 4 is 16.0 Å². The van der Waals surface area contributed by atoms with Crippen molar-refractivity contribution in [3.63, 3.8) is 0 Å². The average molecular weight is 359 g/mol. The molecule has 1 aliphatic rings. The van der Waals surface area contributed by atoms with Crippen molar-refractivity contribution in [3.8, 4) is 0 Å². The molecule has 0 aliphatic heterocycles. The lowest BCUT2D eigenvalue weighted by molar-refractivity contribution is -0.148. The van der Waals surface area contributed by atoms with Gasteiger partial charge in [-0.15, -0.1) is 0 Å². The Hall–Kier alpha value is -2.18. The first kappa shape index (κ1) is 17.6. The van der Waals surface area contributed by atoms with Crippen LogP contribution in [-0.2, 0) is 26.0 Å². The van der Waals surface area contributed by atoms with Gasteiger partial charge in [0.05, 0.1) is 10.9 Å². The summed E-state index contributed by atoms with van der Waals surface area (Å²) in [5.74, 6) is -0.413. The van der Waals surface area contributed by atoms with Gasteiger partial charge in [0.15, 0.2) is 0 Å². The molecule has 0 saturated carbocycles. The maximum atomic E-state index is 12.8. The number of rotatable bonds is 4. The molecule has 1 aliphatic carbocycles. The number of benzene rings is 2. The minimum Gasteiger partial charge on any atom is -0.460 e. The van der Waals surface area contributed by atoms with Gasteiger partial charge in [0.1, 0.15) is 6.10 Å². The maximum absolute atomic E-state index is 12.8. The summed E-state index contributed by atoms with van der Waals surface area (Å²) in [5, 5.41) is 0. The van der Waals surface area contributed by atoms with E-state index in [9.17, 15) is 13.2 Å². The minimum atomic E-state index is -3.73. The third-order valence-electron chi connectivity index (χ3n) is 4.39. The molecule has 25 heavy (non-hydrogen) atoms. The van der Waals surface area contributed by atoms with Gasteiger partial charge in [-0.3, -0.25) is 4.79 Å². The first-order valence-corrected chi connectivity index (χ1v) is 9.69. The summed E-state index contributed by atoms with van der Waals surface area (Å²) < 4.78 is 33.7. The second kappa shape index (κ2) is 6.98. The summed E-state index contributed by atoms with van der Waals surface area (Å²) >= 11 is 0. The van der Waals surface area contributed by atoms with E-state index in [0.717, 1.165) is 23.1 Å². The van der Waals surface area contributed by atoms with E-state index >= 15 is 0 Å². The molecule has 0 heterocycles. The smallest absolute Gasteiger partial charge is 0.302 e. The van der Waals surface area contributed by atoms with Crippen LogP contribution in [0.5, 0.6) is 0 Å². The van der Waals surface area contributed by atoms with Gasteiger partial charge in [0, 0.05) is 6.92 Å². The van der Waals surface area contributed by atoms with Crippen molar-refractivity contribution in [2.75, 3.05) is 0 Å². The van der Waals surface area contributed by atoms with Crippen LogP contribution in [0.4, 0.5) is 0 Å². The van der Waals surface area contributed by atoms with E-state index in [1.54, 1.807) is 24.3 Å². The predicted octanol–water partition coefficient (Wildman–Crippen LogP) is 2.89. The van der Waals surface area contributed by atoms with E-state index < -0.39 is 28.1 Å². The molecule has 0 spiro atoms. The topological polar surface area (TPSA) is 72.5 Å². The highest BCUT2D eigenvalue weighted by Crippen LogP contribution is 2.33. The molecule has 3 rings (SSSR count). The van der Waals surface area contributed by atoms with Crippen LogP contribution in [0.25, 0.3) is 0 Å². The highest BCUT2D eigenvalue weighted by Gasteiger charge is 2.35. The molecule has 0 fully saturated rings. The number of fused-ring (bicyclic) bond motifs is 1. The van der Waals surface area contributed by atoms with Gasteiger partial charge < -0.3 is 4.74 Å². The molecule has 5 nitrogen and oxygen atoms in total. The van der Waals surface area contributed by atoms with Crippen molar-refractivity contribution in [2.24, 2.45) is 0 Å². The molecule has 2 atom stereocenters. The highest BCUT2D eigenvalue weighted by atomic mass is 32.2. The van der Waals surface area contributed by atoms with Gasteiger partial charge in [-0.1, -0.05) is 42.0 Å². The third-order valence-corrected chi connectivity index (χ3v) is 5.85. The zero-order chi connectivity index (χ0) is 18.0. The Bertz CT molecular complexity index is 875. The molecule has 0 bridgehead atoms. The zero-order valence-corrected chi connectivity index (χ0v) is 15.0. The summed E-state index contributed by atoms with van der Waals surface area (Å²) in [4.78, 5) is 11.6. The minimum absolute atomic E-state index is 0.197. The Morgan fingerprint density at radius 3 is 2.48 bits per heavy atom. The lowest BCUT2D eigenvalue weighted by Crippen LogP contribution is -2.41. The molecule has 2 aromatic carbocycles. The predicted molar refractivity (Wildman–Crippen MR) is 94.6 cm³/mol. The maximum Gasteiger partial charge on any atom is 0.302 e. The summed E-state index contributed by atoms with van der Waals surface area (Å²) in [6.07, 6.45) is 0.807. The van der Waals surface area contributed by atoms with Crippen LogP contribution in [0.2, 0.25) is 0 Å². The number of carbonyl (C=O) groups is 1. The van der Waals surface area contributed by atoms with Crippen molar-refractivity contribution in [1.29, 1.82) is 0 Å². The second-order valence-corrected chi connectivity index (χ2v) is 8.01. The zero-order valence-electron chi connectivity index (χ0n) is 14.2. The summed E-state index contributed by atoms with van der Waals surface area (Å²) in [5.41, 5.74) is 2.91. The summed E-state index contributed by atoms with van der Waals surface area (Å²) in [6, 6.07) is 13.7. The lowest BCUT2D eigenvalue weighted by Gasteiger charge is -2.33. The van der Waals surface area contributed by atoms with Crippen molar-refractivity contribution in [3.05, 3.63) is 65.2 Å². The Morgan fingerprint density at radius 2 is 1.80 bits per heavy atom. The molecule has 6 heteroatoms. The molecule has 0 unspecified atom stereocenters. The van der Waals surface area contributed by atoms with Crippen molar-refractivity contribution in [1.82, 2.24) is 4.72 Å². The number of aryl methyl sites for hydroxylation is 2. The standard InChI is InChI=1S/C19H21NO4S/c1-13-7-10-16(11-8-13)25(22,23)20-19-17-6-4-3-5-15(17)9-12-18(19)24-14(2)21/h3-8,10-11,18-20H,9,12H2,1-2H3/t18-,19-/m0/s1. The number of carbonyl (C=O) groups excluding carboxylic acids is 1. The number of nitrogens with one attached hydrogen (secondary N) is 1. The van der Waals surface area contributed by atoms with Gasteiger partial charge >= 0.3 is 5.97 Å². The average Bonchev–Trinajstić information content (AvgIpc) is 2.57. The Labute approximate surface area is 148 Å². The Morgan fingerprint density at radius 1 is 1.12 bits per heavy atom. The van der Waals surface area contributed by atoms with Crippen LogP contribution in [0, 0.1) is 6.92 Å².